The normalized spacial score (nSPS) is 12.8. The van der Waals surface area contributed by atoms with E-state index >= 15 is 0 Å². The van der Waals surface area contributed by atoms with E-state index < -0.39 is 0 Å². The number of hydrogen-bond donors (Lipinski definition) is 1. The molecule has 0 saturated carbocycles. The van der Waals surface area contributed by atoms with Crippen LogP contribution in [0.1, 0.15) is 16.7 Å². The Bertz CT molecular complexity index is 890. The van der Waals surface area contributed by atoms with Crippen LogP contribution in [0.5, 0.6) is 0 Å². The Kier molecular flexibility index (Phi) is 3.79. The van der Waals surface area contributed by atoms with Gasteiger partial charge in [0.1, 0.15) is 0 Å². The van der Waals surface area contributed by atoms with Crippen LogP contribution >= 0.6 is 0 Å². The molecule has 0 bridgehead atoms. The highest BCUT2D eigenvalue weighted by atomic mass is 16.1. The van der Waals surface area contributed by atoms with Gasteiger partial charge >= 0.3 is 0 Å². The van der Waals surface area contributed by atoms with Crippen molar-refractivity contribution in [2.45, 2.75) is 19.3 Å². The molecule has 4 rings (SSSR count). The molecule has 0 spiro atoms. The Morgan fingerprint density at radius 3 is 2.67 bits per heavy atom. The fraction of sp³-hybridized carbons (Fsp3) is 0.150. The largest absolute Gasteiger partial charge is 0.326 e. The average molecular weight is 315 g/mol. The molecule has 1 aliphatic rings. The molecule has 0 radical (unpaired) electrons. The summed E-state index contributed by atoms with van der Waals surface area (Å²) in [7, 11) is 0. The number of aromatic nitrogens is 2. The number of pyridine rings is 2. The van der Waals surface area contributed by atoms with Crippen molar-refractivity contribution >= 4 is 11.6 Å². The van der Waals surface area contributed by atoms with Crippen molar-refractivity contribution in [1.82, 2.24) is 9.97 Å². The molecular formula is C20H17N3O. The van der Waals surface area contributed by atoms with Gasteiger partial charge in [0, 0.05) is 36.0 Å². The molecule has 1 aromatic carbocycles. The lowest BCUT2D eigenvalue weighted by Gasteiger charge is -2.07. The molecule has 1 amide bonds. The summed E-state index contributed by atoms with van der Waals surface area (Å²) < 4.78 is 0. The van der Waals surface area contributed by atoms with Crippen LogP contribution in [0.25, 0.3) is 11.1 Å². The molecule has 0 fully saturated rings. The van der Waals surface area contributed by atoms with Crippen LogP contribution in [0.3, 0.4) is 0 Å². The molecule has 3 aromatic rings. The summed E-state index contributed by atoms with van der Waals surface area (Å²) in [6.07, 6.45) is 9.81. The number of anilines is 1. The van der Waals surface area contributed by atoms with Crippen molar-refractivity contribution in [2.75, 3.05) is 5.32 Å². The number of carbonyl (C=O) groups excluding carboxylic acids is 1. The predicted molar refractivity (Wildman–Crippen MR) is 93.7 cm³/mol. The van der Waals surface area contributed by atoms with Crippen molar-refractivity contribution in [2.24, 2.45) is 0 Å². The molecule has 1 aliphatic heterocycles. The van der Waals surface area contributed by atoms with Crippen molar-refractivity contribution in [1.29, 1.82) is 0 Å². The zero-order valence-corrected chi connectivity index (χ0v) is 13.2. The van der Waals surface area contributed by atoms with Crippen LogP contribution < -0.4 is 5.32 Å². The first-order chi connectivity index (χ1) is 11.8. The second kappa shape index (κ2) is 6.24. The maximum absolute atomic E-state index is 11.5. The number of hydrogen-bond acceptors (Lipinski definition) is 3. The Labute approximate surface area is 140 Å². The third-order valence-corrected chi connectivity index (χ3v) is 4.29. The van der Waals surface area contributed by atoms with Crippen LogP contribution in [0.2, 0.25) is 0 Å². The molecule has 2 aromatic heterocycles. The molecule has 0 aliphatic carbocycles. The van der Waals surface area contributed by atoms with Crippen molar-refractivity contribution in [3.63, 3.8) is 0 Å². The standard InChI is InChI=1S/C20H17N3O/c24-20-10-17-6-5-16(9-19(17)23-20)18-8-15(12-22-13-18)4-3-14-2-1-7-21-11-14/h1-2,5-9,11-13H,3-4,10H2,(H,23,24). The van der Waals surface area contributed by atoms with E-state index in [2.05, 4.69) is 33.5 Å². The summed E-state index contributed by atoms with van der Waals surface area (Å²) in [4.78, 5) is 20.0. The molecule has 0 unspecified atom stereocenters. The molecule has 118 valence electrons. The van der Waals surface area contributed by atoms with E-state index in [-0.39, 0.29) is 5.91 Å². The Morgan fingerprint density at radius 2 is 1.79 bits per heavy atom. The van der Waals surface area contributed by atoms with Gasteiger partial charge in [0.25, 0.3) is 0 Å². The third-order valence-electron chi connectivity index (χ3n) is 4.29. The van der Waals surface area contributed by atoms with Gasteiger partial charge in [-0.3, -0.25) is 14.8 Å². The Morgan fingerprint density at radius 1 is 0.917 bits per heavy atom. The summed E-state index contributed by atoms with van der Waals surface area (Å²) in [6.45, 7) is 0. The van der Waals surface area contributed by atoms with E-state index in [1.54, 1.807) is 6.20 Å². The average Bonchev–Trinajstić information content (AvgIpc) is 3.00. The fourth-order valence-corrected chi connectivity index (χ4v) is 3.01. The van der Waals surface area contributed by atoms with Crippen LogP contribution in [0, 0.1) is 0 Å². The van der Waals surface area contributed by atoms with Gasteiger partial charge in [-0.1, -0.05) is 18.2 Å². The lowest BCUT2D eigenvalue weighted by atomic mass is 10.0. The Balaban J connectivity index is 1.55. The molecule has 0 saturated heterocycles. The van der Waals surface area contributed by atoms with Crippen molar-refractivity contribution in [3.8, 4) is 11.1 Å². The minimum atomic E-state index is 0.0606. The van der Waals surface area contributed by atoms with Gasteiger partial charge in [-0.05, 0) is 53.3 Å². The number of rotatable bonds is 4. The van der Waals surface area contributed by atoms with Crippen LogP contribution in [-0.2, 0) is 24.1 Å². The van der Waals surface area contributed by atoms with Gasteiger partial charge in [-0.25, -0.2) is 0 Å². The van der Waals surface area contributed by atoms with E-state index in [4.69, 9.17) is 0 Å². The molecule has 3 heterocycles. The number of benzene rings is 1. The van der Waals surface area contributed by atoms with Crippen LogP contribution in [0.4, 0.5) is 5.69 Å². The first-order valence-corrected chi connectivity index (χ1v) is 8.04. The SMILES string of the molecule is O=C1Cc2ccc(-c3cncc(CCc4cccnc4)c3)cc2N1. The van der Waals surface area contributed by atoms with E-state index in [9.17, 15) is 4.79 Å². The maximum atomic E-state index is 11.5. The summed E-state index contributed by atoms with van der Waals surface area (Å²) in [5.41, 5.74) is 6.54. The second-order valence-corrected chi connectivity index (χ2v) is 6.04. The predicted octanol–water partition coefficient (Wildman–Crippen LogP) is 3.42. The lowest BCUT2D eigenvalue weighted by molar-refractivity contribution is -0.115. The number of nitrogens with zero attached hydrogens (tertiary/aromatic N) is 2. The number of fused-ring (bicyclic) bond motifs is 1. The molecule has 24 heavy (non-hydrogen) atoms. The molecular weight excluding hydrogens is 298 g/mol. The first kappa shape index (κ1) is 14.6. The number of aryl methyl sites for hydroxylation is 2. The maximum Gasteiger partial charge on any atom is 0.228 e. The van der Waals surface area contributed by atoms with Gasteiger partial charge in [0.2, 0.25) is 5.91 Å². The van der Waals surface area contributed by atoms with Crippen molar-refractivity contribution < 1.29 is 4.79 Å². The smallest absolute Gasteiger partial charge is 0.228 e. The van der Waals surface area contributed by atoms with Crippen LogP contribution in [-0.4, -0.2) is 15.9 Å². The van der Waals surface area contributed by atoms with Gasteiger partial charge < -0.3 is 5.32 Å². The van der Waals surface area contributed by atoms with E-state index in [1.165, 1.54) is 11.1 Å². The molecule has 1 N–H and O–H groups in total. The topological polar surface area (TPSA) is 54.9 Å². The summed E-state index contributed by atoms with van der Waals surface area (Å²) in [5.74, 6) is 0.0606. The van der Waals surface area contributed by atoms with Gasteiger partial charge in [0.15, 0.2) is 0 Å². The number of amides is 1. The quantitative estimate of drug-likeness (QED) is 0.802. The second-order valence-electron chi connectivity index (χ2n) is 6.04. The minimum absolute atomic E-state index is 0.0606. The Hall–Kier alpha value is -3.01. The fourth-order valence-electron chi connectivity index (χ4n) is 3.01. The van der Waals surface area contributed by atoms with Crippen molar-refractivity contribution in [3.05, 3.63) is 77.9 Å². The highest BCUT2D eigenvalue weighted by Crippen LogP contribution is 2.29. The van der Waals surface area contributed by atoms with E-state index in [0.717, 1.165) is 35.2 Å². The zero-order chi connectivity index (χ0) is 16.4. The third kappa shape index (κ3) is 3.04. The molecule has 4 heteroatoms. The van der Waals surface area contributed by atoms with Gasteiger partial charge in [-0.15, -0.1) is 0 Å². The van der Waals surface area contributed by atoms with Crippen LogP contribution in [0.15, 0.2) is 61.2 Å². The van der Waals surface area contributed by atoms with Gasteiger partial charge in [-0.2, -0.15) is 0 Å². The number of carbonyl (C=O) groups is 1. The first-order valence-electron chi connectivity index (χ1n) is 8.04. The van der Waals surface area contributed by atoms with E-state index in [1.807, 2.05) is 36.8 Å². The molecule has 4 nitrogen and oxygen atoms in total. The highest BCUT2D eigenvalue weighted by Gasteiger charge is 2.17. The van der Waals surface area contributed by atoms with E-state index in [0.29, 0.717) is 6.42 Å². The number of nitrogens with one attached hydrogen (secondary N) is 1. The summed E-state index contributed by atoms with van der Waals surface area (Å²) in [5, 5.41) is 2.90. The lowest BCUT2D eigenvalue weighted by Crippen LogP contribution is -2.03. The highest BCUT2D eigenvalue weighted by molar-refractivity contribution is 5.99. The summed E-state index contributed by atoms with van der Waals surface area (Å²) in [6, 6.07) is 12.3. The summed E-state index contributed by atoms with van der Waals surface area (Å²) >= 11 is 0. The van der Waals surface area contributed by atoms with Gasteiger partial charge in [0.05, 0.1) is 6.42 Å². The zero-order valence-electron chi connectivity index (χ0n) is 13.2. The minimum Gasteiger partial charge on any atom is -0.326 e. The molecule has 0 atom stereocenters. The monoisotopic (exact) mass is 315 g/mol.